The molecule has 0 aliphatic carbocycles. The zero-order valence-electron chi connectivity index (χ0n) is 12.1. The lowest BCUT2D eigenvalue weighted by atomic mass is 10.1. The van der Waals surface area contributed by atoms with Gasteiger partial charge in [0, 0.05) is 0 Å². The van der Waals surface area contributed by atoms with Crippen molar-refractivity contribution in [1.82, 2.24) is 5.32 Å². The number of nitrogens with one attached hydrogen (secondary N) is 1. The Morgan fingerprint density at radius 3 is 2.62 bits per heavy atom. The van der Waals surface area contributed by atoms with Gasteiger partial charge in [-0.2, -0.15) is 0 Å². The molecule has 2 atom stereocenters. The van der Waals surface area contributed by atoms with E-state index in [2.05, 4.69) is 21.2 Å². The number of aliphatic carboxylic acids is 1. The molecule has 0 aliphatic rings. The van der Waals surface area contributed by atoms with Crippen LogP contribution in [-0.4, -0.2) is 29.1 Å². The lowest BCUT2D eigenvalue weighted by Gasteiger charge is -2.19. The first-order valence-corrected chi connectivity index (χ1v) is 7.69. The molecule has 116 valence electrons. The SMILES string of the molecule is CCCCC(NC(=O)C(C)Oc1ccccc1Br)C(=O)O. The van der Waals surface area contributed by atoms with Crippen molar-refractivity contribution in [1.29, 1.82) is 0 Å². The minimum absolute atomic E-state index is 0.416. The fourth-order valence-electron chi connectivity index (χ4n) is 1.74. The first-order chi connectivity index (χ1) is 9.95. The Hall–Kier alpha value is -1.56. The van der Waals surface area contributed by atoms with Gasteiger partial charge in [0.2, 0.25) is 0 Å². The van der Waals surface area contributed by atoms with Crippen molar-refractivity contribution in [3.8, 4) is 5.75 Å². The predicted molar refractivity (Wildman–Crippen MR) is 83.3 cm³/mol. The summed E-state index contributed by atoms with van der Waals surface area (Å²) in [6.07, 6.45) is 1.27. The van der Waals surface area contributed by atoms with Gasteiger partial charge in [-0.1, -0.05) is 31.9 Å². The molecule has 1 amide bonds. The quantitative estimate of drug-likeness (QED) is 0.749. The Morgan fingerprint density at radius 1 is 1.38 bits per heavy atom. The van der Waals surface area contributed by atoms with Crippen LogP contribution in [0.5, 0.6) is 5.75 Å². The molecule has 0 radical (unpaired) electrons. The Morgan fingerprint density at radius 2 is 2.05 bits per heavy atom. The summed E-state index contributed by atoms with van der Waals surface area (Å²) in [6, 6.07) is 6.31. The van der Waals surface area contributed by atoms with E-state index in [4.69, 9.17) is 9.84 Å². The minimum atomic E-state index is -1.02. The molecule has 2 N–H and O–H groups in total. The molecule has 0 aliphatic heterocycles. The van der Waals surface area contributed by atoms with Gasteiger partial charge in [-0.05, 0) is 41.4 Å². The van der Waals surface area contributed by atoms with Gasteiger partial charge in [0.15, 0.2) is 6.10 Å². The van der Waals surface area contributed by atoms with Crippen LogP contribution in [0.1, 0.15) is 33.1 Å². The molecule has 0 bridgehead atoms. The number of carbonyl (C=O) groups excluding carboxylic acids is 1. The first kappa shape index (κ1) is 17.5. The van der Waals surface area contributed by atoms with Crippen molar-refractivity contribution in [2.45, 2.75) is 45.3 Å². The van der Waals surface area contributed by atoms with Gasteiger partial charge >= 0.3 is 5.97 Å². The summed E-state index contributed by atoms with van der Waals surface area (Å²) >= 11 is 3.33. The van der Waals surface area contributed by atoms with Crippen molar-refractivity contribution in [2.24, 2.45) is 0 Å². The molecular formula is C15H20BrNO4. The number of carbonyl (C=O) groups is 2. The van der Waals surface area contributed by atoms with Crippen LogP contribution in [0.25, 0.3) is 0 Å². The fraction of sp³-hybridized carbons (Fsp3) is 0.467. The second-order valence-corrected chi connectivity index (χ2v) is 5.59. The summed E-state index contributed by atoms with van der Waals surface area (Å²) in [5, 5.41) is 11.6. The molecule has 1 aromatic rings. The van der Waals surface area contributed by atoms with Gasteiger partial charge in [-0.3, -0.25) is 4.79 Å². The highest BCUT2D eigenvalue weighted by molar-refractivity contribution is 9.10. The van der Waals surface area contributed by atoms with Crippen LogP contribution in [0.3, 0.4) is 0 Å². The molecule has 0 saturated heterocycles. The molecule has 0 fully saturated rings. The van der Waals surface area contributed by atoms with E-state index in [9.17, 15) is 9.59 Å². The van der Waals surface area contributed by atoms with E-state index < -0.39 is 24.0 Å². The Kier molecular flexibility index (Phi) is 7.22. The summed E-state index contributed by atoms with van der Waals surface area (Å²) < 4.78 is 6.28. The summed E-state index contributed by atoms with van der Waals surface area (Å²) in [4.78, 5) is 23.1. The van der Waals surface area contributed by atoms with Gasteiger partial charge in [-0.15, -0.1) is 0 Å². The number of benzene rings is 1. The van der Waals surface area contributed by atoms with E-state index in [0.29, 0.717) is 12.2 Å². The van der Waals surface area contributed by atoms with Crippen molar-refractivity contribution in [3.63, 3.8) is 0 Å². The number of halogens is 1. The van der Waals surface area contributed by atoms with Gasteiger partial charge in [-0.25, -0.2) is 4.79 Å². The molecule has 1 aromatic carbocycles. The third-order valence-corrected chi connectivity index (χ3v) is 3.63. The molecule has 5 nitrogen and oxygen atoms in total. The Labute approximate surface area is 132 Å². The second-order valence-electron chi connectivity index (χ2n) is 4.73. The number of unbranched alkanes of at least 4 members (excludes halogenated alkanes) is 1. The third-order valence-electron chi connectivity index (χ3n) is 2.97. The number of carboxylic acid groups (broad SMARTS) is 1. The van der Waals surface area contributed by atoms with Crippen LogP contribution in [-0.2, 0) is 9.59 Å². The maximum Gasteiger partial charge on any atom is 0.326 e. The van der Waals surface area contributed by atoms with E-state index in [0.717, 1.165) is 17.3 Å². The summed E-state index contributed by atoms with van der Waals surface area (Å²) in [6.45, 7) is 3.56. The molecule has 1 rings (SSSR count). The average molecular weight is 358 g/mol. The predicted octanol–water partition coefficient (Wildman–Crippen LogP) is 2.98. The fourth-order valence-corrected chi connectivity index (χ4v) is 2.12. The first-order valence-electron chi connectivity index (χ1n) is 6.90. The van der Waals surface area contributed by atoms with E-state index >= 15 is 0 Å². The van der Waals surface area contributed by atoms with Crippen molar-refractivity contribution >= 4 is 27.8 Å². The standard InChI is InChI=1S/C15H20BrNO4/c1-3-4-8-12(15(19)20)17-14(18)10(2)21-13-9-6-5-7-11(13)16/h5-7,9-10,12H,3-4,8H2,1-2H3,(H,17,18)(H,19,20). The molecule has 21 heavy (non-hydrogen) atoms. The van der Waals surface area contributed by atoms with Gasteiger partial charge < -0.3 is 15.2 Å². The molecular weight excluding hydrogens is 338 g/mol. The number of hydrogen-bond donors (Lipinski definition) is 2. The molecule has 6 heteroatoms. The summed E-state index contributed by atoms with van der Waals surface area (Å²) in [5.74, 6) is -0.917. The molecule has 2 unspecified atom stereocenters. The largest absolute Gasteiger partial charge is 0.480 e. The van der Waals surface area contributed by atoms with E-state index in [1.807, 2.05) is 13.0 Å². The highest BCUT2D eigenvalue weighted by Gasteiger charge is 2.23. The Balaban J connectivity index is 2.61. The van der Waals surface area contributed by atoms with Crippen LogP contribution in [0, 0.1) is 0 Å². The lowest BCUT2D eigenvalue weighted by Crippen LogP contribution is -2.46. The monoisotopic (exact) mass is 357 g/mol. The van der Waals surface area contributed by atoms with Crippen LogP contribution >= 0.6 is 15.9 Å². The summed E-state index contributed by atoms with van der Waals surface area (Å²) in [7, 11) is 0. The van der Waals surface area contributed by atoms with E-state index in [1.165, 1.54) is 0 Å². The zero-order valence-corrected chi connectivity index (χ0v) is 13.7. The van der Waals surface area contributed by atoms with E-state index in [1.54, 1.807) is 25.1 Å². The number of carboxylic acids is 1. The molecule has 0 heterocycles. The maximum atomic E-state index is 12.0. The van der Waals surface area contributed by atoms with Crippen LogP contribution in [0.4, 0.5) is 0 Å². The number of rotatable bonds is 8. The van der Waals surface area contributed by atoms with Crippen molar-refractivity contribution < 1.29 is 19.4 Å². The normalized spacial score (nSPS) is 13.3. The lowest BCUT2D eigenvalue weighted by molar-refractivity contribution is -0.143. The minimum Gasteiger partial charge on any atom is -0.480 e. The average Bonchev–Trinajstić information content (AvgIpc) is 2.45. The topological polar surface area (TPSA) is 75.6 Å². The number of ether oxygens (including phenoxy) is 1. The zero-order chi connectivity index (χ0) is 15.8. The highest BCUT2D eigenvalue weighted by Crippen LogP contribution is 2.24. The summed E-state index contributed by atoms with van der Waals surface area (Å²) in [5.41, 5.74) is 0. The van der Waals surface area contributed by atoms with E-state index in [-0.39, 0.29) is 0 Å². The van der Waals surface area contributed by atoms with Crippen LogP contribution in [0.2, 0.25) is 0 Å². The maximum absolute atomic E-state index is 12.0. The van der Waals surface area contributed by atoms with Gasteiger partial charge in [0.05, 0.1) is 4.47 Å². The highest BCUT2D eigenvalue weighted by atomic mass is 79.9. The van der Waals surface area contributed by atoms with Gasteiger partial charge in [0.1, 0.15) is 11.8 Å². The Bertz CT molecular complexity index is 492. The smallest absolute Gasteiger partial charge is 0.326 e. The van der Waals surface area contributed by atoms with Crippen molar-refractivity contribution in [3.05, 3.63) is 28.7 Å². The molecule has 0 spiro atoms. The van der Waals surface area contributed by atoms with Crippen LogP contribution < -0.4 is 10.1 Å². The molecule has 0 aromatic heterocycles. The third kappa shape index (κ3) is 5.75. The number of hydrogen-bond acceptors (Lipinski definition) is 3. The second kappa shape index (κ2) is 8.67. The number of para-hydroxylation sites is 1. The van der Waals surface area contributed by atoms with Crippen LogP contribution in [0.15, 0.2) is 28.7 Å². The number of amides is 1. The molecule has 0 saturated carbocycles. The van der Waals surface area contributed by atoms with Gasteiger partial charge in [0.25, 0.3) is 5.91 Å². The van der Waals surface area contributed by atoms with Crippen molar-refractivity contribution in [2.75, 3.05) is 0 Å².